The van der Waals surface area contributed by atoms with Gasteiger partial charge < -0.3 is 23.7 Å². The van der Waals surface area contributed by atoms with Gasteiger partial charge in [0.05, 0.1) is 20.8 Å². The van der Waals surface area contributed by atoms with E-state index in [1.54, 1.807) is 14.2 Å². The summed E-state index contributed by atoms with van der Waals surface area (Å²) in [5, 5.41) is 0. The van der Waals surface area contributed by atoms with Gasteiger partial charge in [-0.1, -0.05) is 12.1 Å². The maximum atomic E-state index is 6.02. The van der Waals surface area contributed by atoms with Crippen LogP contribution in [0.5, 0.6) is 11.5 Å². The minimum atomic E-state index is -0.103. The van der Waals surface area contributed by atoms with Crippen LogP contribution in [0.4, 0.5) is 5.69 Å². The molecule has 0 spiro atoms. The van der Waals surface area contributed by atoms with E-state index in [4.69, 9.17) is 14.2 Å². The van der Waals surface area contributed by atoms with Gasteiger partial charge in [0, 0.05) is 48.0 Å². The number of hydrogen-bond donors (Lipinski definition) is 0. The third-order valence-electron chi connectivity index (χ3n) is 4.63. The molecule has 0 saturated carbocycles. The average Bonchev–Trinajstić information content (AvgIpc) is 3.37. The van der Waals surface area contributed by atoms with Gasteiger partial charge in [0.2, 0.25) is 0 Å². The molecule has 0 radical (unpaired) electrons. The van der Waals surface area contributed by atoms with Crippen LogP contribution < -0.4 is 14.4 Å². The molecule has 1 atom stereocenters. The molecule has 0 unspecified atom stereocenters. The van der Waals surface area contributed by atoms with Crippen LogP contribution in [0.25, 0.3) is 5.69 Å². The predicted molar refractivity (Wildman–Crippen MR) is 101 cm³/mol. The van der Waals surface area contributed by atoms with Crippen molar-refractivity contribution in [1.82, 2.24) is 4.57 Å². The molecule has 0 amide bonds. The summed E-state index contributed by atoms with van der Waals surface area (Å²) in [7, 11) is 3.36. The monoisotopic (exact) mass is 350 g/mol. The number of ether oxygens (including phenoxy) is 3. The average molecular weight is 350 g/mol. The topological polar surface area (TPSA) is 35.9 Å². The van der Waals surface area contributed by atoms with Gasteiger partial charge in [0.25, 0.3) is 0 Å². The fourth-order valence-corrected chi connectivity index (χ4v) is 3.29. The molecule has 134 valence electrons. The molecule has 1 saturated heterocycles. The molecule has 2 aromatic carbocycles. The van der Waals surface area contributed by atoms with Crippen LogP contribution in [0.3, 0.4) is 0 Å². The summed E-state index contributed by atoms with van der Waals surface area (Å²) in [6, 6.07) is 18.2. The zero-order valence-corrected chi connectivity index (χ0v) is 15.0. The maximum absolute atomic E-state index is 6.02. The maximum Gasteiger partial charge on any atom is 0.158 e. The molecule has 0 bridgehead atoms. The smallest absolute Gasteiger partial charge is 0.158 e. The van der Waals surface area contributed by atoms with E-state index >= 15 is 0 Å². The van der Waals surface area contributed by atoms with Crippen LogP contribution in [0.1, 0.15) is 11.8 Å². The molecule has 26 heavy (non-hydrogen) atoms. The normalized spacial score (nSPS) is 16.7. The van der Waals surface area contributed by atoms with E-state index in [1.807, 2.05) is 36.4 Å². The molecule has 0 aliphatic carbocycles. The number of benzene rings is 2. The Hall–Kier alpha value is -2.92. The van der Waals surface area contributed by atoms with Crippen LogP contribution in [0.15, 0.2) is 67.0 Å². The van der Waals surface area contributed by atoms with Gasteiger partial charge in [0.1, 0.15) is 11.5 Å². The van der Waals surface area contributed by atoms with Crippen molar-refractivity contribution in [3.63, 3.8) is 0 Å². The predicted octanol–water partition coefficient (Wildman–Crippen LogP) is 4.03. The van der Waals surface area contributed by atoms with Crippen molar-refractivity contribution in [3.05, 3.63) is 72.6 Å². The lowest BCUT2D eigenvalue weighted by Gasteiger charge is -2.25. The van der Waals surface area contributed by atoms with Crippen molar-refractivity contribution in [2.45, 2.75) is 6.23 Å². The lowest BCUT2D eigenvalue weighted by molar-refractivity contribution is 0.114. The van der Waals surface area contributed by atoms with Gasteiger partial charge >= 0.3 is 0 Å². The Balaban J connectivity index is 1.61. The third-order valence-corrected chi connectivity index (χ3v) is 4.63. The molecule has 1 fully saturated rings. The summed E-state index contributed by atoms with van der Waals surface area (Å²) in [6.45, 7) is 1.55. The Morgan fingerprint density at radius 2 is 1.62 bits per heavy atom. The van der Waals surface area contributed by atoms with E-state index in [1.165, 1.54) is 0 Å². The molecule has 1 aliphatic rings. The number of aromatic nitrogens is 1. The minimum absolute atomic E-state index is 0.103. The van der Waals surface area contributed by atoms with Crippen LogP contribution >= 0.6 is 0 Å². The molecular weight excluding hydrogens is 328 g/mol. The summed E-state index contributed by atoms with van der Waals surface area (Å²) < 4.78 is 18.8. The highest BCUT2D eigenvalue weighted by atomic mass is 16.5. The number of methoxy groups -OCH3 is 2. The first-order valence-electron chi connectivity index (χ1n) is 8.63. The van der Waals surface area contributed by atoms with Gasteiger partial charge in [-0.25, -0.2) is 0 Å². The SMILES string of the molecule is COc1cccc(N2CCO[C@@H]2c2ccn(-c3cccc(OC)c3)c2)c1. The summed E-state index contributed by atoms with van der Waals surface area (Å²) in [4.78, 5) is 2.26. The minimum Gasteiger partial charge on any atom is -0.497 e. The second-order valence-corrected chi connectivity index (χ2v) is 6.17. The van der Waals surface area contributed by atoms with E-state index in [9.17, 15) is 0 Å². The fraction of sp³-hybridized carbons (Fsp3) is 0.238. The second kappa shape index (κ2) is 7.14. The van der Waals surface area contributed by atoms with Crippen molar-refractivity contribution in [1.29, 1.82) is 0 Å². The van der Waals surface area contributed by atoms with Crippen molar-refractivity contribution >= 4 is 5.69 Å². The van der Waals surface area contributed by atoms with E-state index in [2.05, 4.69) is 40.1 Å². The van der Waals surface area contributed by atoms with Crippen LogP contribution in [0.2, 0.25) is 0 Å². The Morgan fingerprint density at radius 3 is 2.35 bits per heavy atom. The standard InChI is InChI=1S/C21H22N2O3/c1-24-19-7-3-5-17(13-19)22-10-9-16(15-22)21-23(11-12-26-21)18-6-4-8-20(14-18)25-2/h3-10,13-15,21H,11-12H2,1-2H3/t21-/m1/s1. The Morgan fingerprint density at radius 1 is 0.923 bits per heavy atom. The number of hydrogen-bond acceptors (Lipinski definition) is 4. The van der Waals surface area contributed by atoms with Crippen molar-refractivity contribution < 1.29 is 14.2 Å². The van der Waals surface area contributed by atoms with Gasteiger partial charge in [-0.2, -0.15) is 0 Å². The Labute approximate surface area is 153 Å². The van der Waals surface area contributed by atoms with Gasteiger partial charge in [-0.05, 0) is 30.3 Å². The summed E-state index contributed by atoms with van der Waals surface area (Å²) >= 11 is 0. The largest absolute Gasteiger partial charge is 0.497 e. The summed E-state index contributed by atoms with van der Waals surface area (Å²) in [5.74, 6) is 1.69. The van der Waals surface area contributed by atoms with Crippen molar-refractivity contribution in [2.75, 3.05) is 32.3 Å². The quantitative estimate of drug-likeness (QED) is 0.696. The fourth-order valence-electron chi connectivity index (χ4n) is 3.29. The highest BCUT2D eigenvalue weighted by molar-refractivity contribution is 5.53. The summed E-state index contributed by atoms with van der Waals surface area (Å²) in [5.41, 5.74) is 3.27. The van der Waals surface area contributed by atoms with E-state index < -0.39 is 0 Å². The van der Waals surface area contributed by atoms with Crippen molar-refractivity contribution in [3.8, 4) is 17.2 Å². The zero-order chi connectivity index (χ0) is 17.9. The van der Waals surface area contributed by atoms with Gasteiger partial charge in [-0.15, -0.1) is 0 Å². The van der Waals surface area contributed by atoms with Gasteiger partial charge in [0.15, 0.2) is 6.23 Å². The molecular formula is C21H22N2O3. The highest BCUT2D eigenvalue weighted by Gasteiger charge is 2.28. The molecule has 4 rings (SSSR count). The number of anilines is 1. The lowest BCUT2D eigenvalue weighted by Crippen LogP contribution is -2.22. The second-order valence-electron chi connectivity index (χ2n) is 6.17. The van der Waals surface area contributed by atoms with Crippen LogP contribution in [-0.2, 0) is 4.74 Å². The lowest BCUT2D eigenvalue weighted by atomic mass is 10.2. The molecule has 1 aliphatic heterocycles. The van der Waals surface area contributed by atoms with Gasteiger partial charge in [-0.3, -0.25) is 0 Å². The zero-order valence-electron chi connectivity index (χ0n) is 15.0. The number of rotatable bonds is 5. The first-order chi connectivity index (χ1) is 12.8. The Bertz CT molecular complexity index is 890. The first-order valence-corrected chi connectivity index (χ1v) is 8.63. The number of nitrogens with zero attached hydrogens (tertiary/aromatic N) is 2. The molecule has 3 aromatic rings. The van der Waals surface area contributed by atoms with Crippen molar-refractivity contribution in [2.24, 2.45) is 0 Å². The molecule has 1 aromatic heterocycles. The first kappa shape index (κ1) is 16.5. The summed E-state index contributed by atoms with van der Waals surface area (Å²) in [6.07, 6.45) is 4.06. The van der Waals surface area contributed by atoms with E-state index in [0.717, 1.165) is 35.0 Å². The van der Waals surface area contributed by atoms with Crippen LogP contribution in [-0.4, -0.2) is 31.9 Å². The highest BCUT2D eigenvalue weighted by Crippen LogP contribution is 2.34. The Kier molecular flexibility index (Phi) is 4.54. The van der Waals surface area contributed by atoms with E-state index in [-0.39, 0.29) is 6.23 Å². The third kappa shape index (κ3) is 3.13. The molecule has 0 N–H and O–H groups in total. The van der Waals surface area contributed by atoms with E-state index in [0.29, 0.717) is 6.61 Å². The molecule has 5 heteroatoms. The van der Waals surface area contributed by atoms with Crippen LogP contribution in [0, 0.1) is 0 Å². The molecule has 2 heterocycles. The molecule has 5 nitrogen and oxygen atoms in total.